The molecule has 0 aromatic rings. The van der Waals surface area contributed by atoms with Gasteiger partial charge in [-0.2, -0.15) is 0 Å². The molecule has 1 aliphatic rings. The van der Waals surface area contributed by atoms with Gasteiger partial charge in [0.15, 0.2) is 9.84 Å². The van der Waals surface area contributed by atoms with E-state index < -0.39 is 9.84 Å². The first kappa shape index (κ1) is 12.9. The van der Waals surface area contributed by atoms with Crippen LogP contribution in [0.1, 0.15) is 40.5 Å². The molecule has 1 fully saturated rings. The highest BCUT2D eigenvalue weighted by atomic mass is 32.2. The van der Waals surface area contributed by atoms with E-state index in [4.69, 9.17) is 0 Å². The second kappa shape index (κ2) is 5.63. The largest absolute Gasteiger partial charge is 0.229 e. The van der Waals surface area contributed by atoms with E-state index in [0.717, 1.165) is 12.3 Å². The lowest BCUT2D eigenvalue weighted by Crippen LogP contribution is -2.01. The number of rotatable bonds is 1. The average molecular weight is 206 g/mol. The first-order valence-electron chi connectivity index (χ1n) is 5.07. The van der Waals surface area contributed by atoms with Crippen LogP contribution in [-0.2, 0) is 9.84 Å². The van der Waals surface area contributed by atoms with Gasteiger partial charge in [-0.05, 0) is 18.3 Å². The number of hydrogen-bond donors (Lipinski definition) is 0. The molecule has 0 aromatic carbocycles. The van der Waals surface area contributed by atoms with Gasteiger partial charge < -0.3 is 0 Å². The van der Waals surface area contributed by atoms with Gasteiger partial charge in [0.2, 0.25) is 0 Å². The van der Waals surface area contributed by atoms with Gasteiger partial charge in [-0.25, -0.2) is 8.42 Å². The highest BCUT2D eigenvalue weighted by Crippen LogP contribution is 2.16. The Morgan fingerprint density at radius 1 is 1.38 bits per heavy atom. The summed E-state index contributed by atoms with van der Waals surface area (Å²) in [5, 5.41) is 0. The molecular weight excluding hydrogens is 184 g/mol. The second-order valence-corrected chi connectivity index (χ2v) is 6.54. The maximum absolute atomic E-state index is 10.6. The Bertz CT molecular complexity index is 217. The van der Waals surface area contributed by atoms with Gasteiger partial charge in [-0.3, -0.25) is 0 Å². The van der Waals surface area contributed by atoms with E-state index in [1.54, 1.807) is 0 Å². The zero-order chi connectivity index (χ0) is 10.5. The van der Waals surface area contributed by atoms with Gasteiger partial charge in [0.25, 0.3) is 0 Å². The van der Waals surface area contributed by atoms with Gasteiger partial charge in [0.05, 0.1) is 11.5 Å². The van der Waals surface area contributed by atoms with Crippen LogP contribution in [0.2, 0.25) is 0 Å². The van der Waals surface area contributed by atoms with E-state index in [-0.39, 0.29) is 0 Å². The lowest BCUT2D eigenvalue weighted by molar-refractivity contribution is 0.599. The lowest BCUT2D eigenvalue weighted by Gasteiger charge is -1.90. The van der Waals surface area contributed by atoms with Crippen molar-refractivity contribution in [1.82, 2.24) is 0 Å². The van der Waals surface area contributed by atoms with Crippen molar-refractivity contribution in [1.29, 1.82) is 0 Å². The highest BCUT2D eigenvalue weighted by molar-refractivity contribution is 7.91. The Morgan fingerprint density at radius 2 is 1.85 bits per heavy atom. The summed E-state index contributed by atoms with van der Waals surface area (Å²) in [5.74, 6) is 2.11. The van der Waals surface area contributed by atoms with Crippen LogP contribution in [0.15, 0.2) is 0 Å². The van der Waals surface area contributed by atoms with Crippen LogP contribution in [0, 0.1) is 11.8 Å². The van der Waals surface area contributed by atoms with Crippen molar-refractivity contribution >= 4 is 9.84 Å². The standard InChI is InChI=1S/C5H10O2S.C5H12/c1-5-2-3-8(6,7)4-5;1-4-5(2)3/h5H,2-4H2,1H3;5H,4H2,1-3H3. The van der Waals surface area contributed by atoms with Crippen LogP contribution in [0.5, 0.6) is 0 Å². The Hall–Kier alpha value is -0.0500. The minimum atomic E-state index is -2.60. The first-order valence-corrected chi connectivity index (χ1v) is 6.90. The zero-order valence-electron chi connectivity index (χ0n) is 9.21. The Labute approximate surface area is 82.6 Å². The van der Waals surface area contributed by atoms with E-state index in [1.807, 2.05) is 6.92 Å². The van der Waals surface area contributed by atoms with Crippen molar-refractivity contribution in [2.45, 2.75) is 40.5 Å². The molecule has 1 atom stereocenters. The van der Waals surface area contributed by atoms with E-state index >= 15 is 0 Å². The SMILES string of the molecule is CC1CCS(=O)(=O)C1.CCC(C)C. The maximum Gasteiger partial charge on any atom is 0.150 e. The van der Waals surface area contributed by atoms with Crippen LogP contribution in [-0.4, -0.2) is 19.9 Å². The predicted octanol–water partition coefficient (Wildman–Crippen LogP) is 2.49. The van der Waals surface area contributed by atoms with Crippen LogP contribution in [0.25, 0.3) is 0 Å². The third-order valence-corrected chi connectivity index (χ3v) is 4.21. The zero-order valence-corrected chi connectivity index (χ0v) is 10.0. The molecule has 1 aliphatic heterocycles. The molecule has 1 rings (SSSR count). The quantitative estimate of drug-likeness (QED) is 0.660. The Morgan fingerprint density at radius 3 is 1.92 bits per heavy atom. The predicted molar refractivity (Wildman–Crippen MR) is 57.6 cm³/mol. The summed E-state index contributed by atoms with van der Waals surface area (Å²) < 4.78 is 21.3. The molecule has 1 unspecified atom stereocenters. The molecule has 2 nitrogen and oxygen atoms in total. The molecule has 0 N–H and O–H groups in total. The van der Waals surface area contributed by atoms with Crippen molar-refractivity contribution in [3.8, 4) is 0 Å². The normalized spacial score (nSPS) is 25.5. The monoisotopic (exact) mass is 206 g/mol. The van der Waals surface area contributed by atoms with Gasteiger partial charge in [-0.1, -0.05) is 34.1 Å². The third-order valence-electron chi connectivity index (χ3n) is 2.28. The summed E-state index contributed by atoms with van der Waals surface area (Å²) in [5.41, 5.74) is 0. The summed E-state index contributed by atoms with van der Waals surface area (Å²) in [7, 11) is -2.60. The molecule has 0 saturated carbocycles. The fraction of sp³-hybridized carbons (Fsp3) is 1.00. The van der Waals surface area contributed by atoms with Crippen LogP contribution < -0.4 is 0 Å². The number of sulfone groups is 1. The molecule has 0 aliphatic carbocycles. The summed E-state index contributed by atoms with van der Waals surface area (Å²) in [6.45, 7) is 8.62. The molecule has 80 valence electrons. The molecule has 0 radical (unpaired) electrons. The van der Waals surface area contributed by atoms with Gasteiger partial charge in [-0.15, -0.1) is 0 Å². The Balaban J connectivity index is 0.000000252. The maximum atomic E-state index is 10.6. The minimum absolute atomic E-state index is 0.403. The summed E-state index contributed by atoms with van der Waals surface area (Å²) in [6.07, 6.45) is 2.17. The molecule has 1 heterocycles. The molecular formula is C10H22O2S. The van der Waals surface area contributed by atoms with Crippen LogP contribution in [0.4, 0.5) is 0 Å². The molecule has 3 heteroatoms. The van der Waals surface area contributed by atoms with E-state index in [2.05, 4.69) is 20.8 Å². The van der Waals surface area contributed by atoms with E-state index in [9.17, 15) is 8.42 Å². The summed E-state index contributed by atoms with van der Waals surface area (Å²) >= 11 is 0. The fourth-order valence-electron chi connectivity index (χ4n) is 0.981. The molecule has 0 amide bonds. The van der Waals surface area contributed by atoms with Crippen molar-refractivity contribution in [2.24, 2.45) is 11.8 Å². The number of hydrogen-bond acceptors (Lipinski definition) is 2. The first-order chi connectivity index (χ1) is 5.87. The molecule has 1 saturated heterocycles. The lowest BCUT2D eigenvalue weighted by atomic mass is 10.2. The Kier molecular flexibility index (Phi) is 5.61. The molecule has 13 heavy (non-hydrogen) atoms. The smallest absolute Gasteiger partial charge is 0.150 e. The van der Waals surface area contributed by atoms with Crippen molar-refractivity contribution < 1.29 is 8.42 Å². The average Bonchev–Trinajstić information content (AvgIpc) is 2.30. The molecule has 0 aromatic heterocycles. The molecule has 0 bridgehead atoms. The van der Waals surface area contributed by atoms with E-state index in [1.165, 1.54) is 6.42 Å². The van der Waals surface area contributed by atoms with Crippen LogP contribution in [0.3, 0.4) is 0 Å². The van der Waals surface area contributed by atoms with Gasteiger partial charge in [0.1, 0.15) is 0 Å². The van der Waals surface area contributed by atoms with Crippen molar-refractivity contribution in [3.05, 3.63) is 0 Å². The van der Waals surface area contributed by atoms with Crippen molar-refractivity contribution in [3.63, 3.8) is 0 Å². The molecule has 0 spiro atoms. The van der Waals surface area contributed by atoms with Gasteiger partial charge >= 0.3 is 0 Å². The second-order valence-electron chi connectivity index (χ2n) is 4.31. The summed E-state index contributed by atoms with van der Waals surface area (Å²) in [6, 6.07) is 0. The third kappa shape index (κ3) is 7.05. The minimum Gasteiger partial charge on any atom is -0.229 e. The topological polar surface area (TPSA) is 34.1 Å². The van der Waals surface area contributed by atoms with Crippen molar-refractivity contribution in [2.75, 3.05) is 11.5 Å². The fourth-order valence-corrected chi connectivity index (χ4v) is 2.94. The van der Waals surface area contributed by atoms with Gasteiger partial charge in [0, 0.05) is 0 Å². The van der Waals surface area contributed by atoms with E-state index in [0.29, 0.717) is 17.4 Å². The highest BCUT2D eigenvalue weighted by Gasteiger charge is 2.23. The summed E-state index contributed by atoms with van der Waals surface area (Å²) in [4.78, 5) is 0. The van der Waals surface area contributed by atoms with Crippen LogP contribution >= 0.6 is 0 Å².